The SMILES string of the molecule is Cc1cc(N2CCCC(CO)(CCCc3ccccc3)C2)nc(N)n1.Cc1nccc(N2CCCC(CO)(CCCc3ccccc3)C2)n1.Nc1cc(N2CCCC(CO)(CCCc3ccccc3)C2)nc(N)n1.Nc1cc(N2CCCC(CO)(CCCc3ccccc3)C2)ncn1.Nc1nccc(N2CCC(CO)(CCCc3ccccc3)CC2)n1. The number of aryl methyl sites for hydroxylation is 7. The van der Waals surface area contributed by atoms with Crippen molar-refractivity contribution in [2.45, 2.75) is 174 Å². The van der Waals surface area contributed by atoms with Gasteiger partial charge in [-0.2, -0.15) is 19.9 Å². The first-order chi connectivity index (χ1) is 59.3. The van der Waals surface area contributed by atoms with Gasteiger partial charge in [-0.3, -0.25) is 0 Å². The predicted molar refractivity (Wildman–Crippen MR) is 493 cm³/mol. The highest BCUT2D eigenvalue weighted by Gasteiger charge is 2.40. The molecule has 0 amide bonds. The summed E-state index contributed by atoms with van der Waals surface area (Å²) in [4.78, 5) is 53.3. The first-order valence-corrected chi connectivity index (χ1v) is 44.3. The average Bonchev–Trinajstić information content (AvgIpc) is 0.797. The maximum Gasteiger partial charge on any atom is 0.223 e. The fraction of sp³-hybridized carbons (Fsp3) is 0.485. The maximum atomic E-state index is 10.1. The Morgan fingerprint density at radius 3 is 0.975 bits per heavy atom. The third-order valence-electron chi connectivity index (χ3n) is 25.5. The van der Waals surface area contributed by atoms with Crippen LogP contribution in [-0.4, -0.2) is 174 Å². The van der Waals surface area contributed by atoms with E-state index in [0.29, 0.717) is 23.5 Å². The van der Waals surface area contributed by atoms with E-state index in [-0.39, 0.29) is 66.1 Å². The number of aliphatic hydroxyl groups is 5. The van der Waals surface area contributed by atoms with Gasteiger partial charge in [0.25, 0.3) is 0 Å². The fourth-order valence-electron chi connectivity index (χ4n) is 18.6. The Kier molecular flexibility index (Phi) is 35.1. The van der Waals surface area contributed by atoms with E-state index in [1.54, 1.807) is 12.3 Å². The standard InChI is InChI=1S/C20H28N4O.C20H27N3O.C19H27N5O.2C19H26N4O/c1-16-13-18(23-19(21)22-16)24-12-6-11-20(14-24,15-25)10-5-9-17-7-3-2-4-8-17;1-17-21-13-10-19(22-17)23-14-6-12-20(15-23,16-24)11-5-9-18-7-3-2-4-8-18;20-16-12-17(23-18(21)22-16)24-11-5-10-19(13-24,14-25)9-4-8-15-6-2-1-3-7-15;20-17-12-18(22-15-21-17)23-11-5-10-19(13-23,14-24)9-4-8-16-6-2-1-3-7-16;20-18-21-12-8-17(22-18)23-13-10-19(15-24,11-14-23)9-4-7-16-5-2-1-3-6-16/h2-4,7-8,13,25H,5-6,9-12,14-15H2,1H3,(H2,21,22,23);2-4,7-8,10,13,24H,5-6,9,11-12,14-16H2,1H3;1-3,6-7,12,25H,4-5,8-11,13-14H2,(H4,20,21,22,23);1-3,6-7,12,15,24H,4-5,8-11,13-14H2,(H2,20,21,22);1-3,5-6,8,12,24H,4,7,9-11,13-15H2,(H2,20,21,22). The van der Waals surface area contributed by atoms with E-state index < -0.39 is 0 Å². The second kappa shape index (κ2) is 46.5. The number of aromatic nitrogens is 10. The molecule has 0 aliphatic carbocycles. The van der Waals surface area contributed by atoms with Crippen LogP contribution in [0, 0.1) is 40.9 Å². The Morgan fingerprint density at radius 2 is 0.623 bits per heavy atom. The van der Waals surface area contributed by atoms with Crippen LogP contribution >= 0.6 is 0 Å². The van der Waals surface area contributed by atoms with Crippen LogP contribution in [0.3, 0.4) is 0 Å². The number of rotatable bonds is 30. The molecule has 0 saturated carbocycles. The lowest BCUT2D eigenvalue weighted by Gasteiger charge is -2.42. The Hall–Kier alpha value is -10.7. The van der Waals surface area contributed by atoms with Crippen molar-refractivity contribution in [3.8, 4) is 0 Å². The fourth-order valence-corrected chi connectivity index (χ4v) is 18.6. The van der Waals surface area contributed by atoms with Crippen molar-refractivity contribution in [2.24, 2.45) is 27.1 Å². The van der Waals surface area contributed by atoms with Crippen LogP contribution < -0.4 is 53.2 Å². The molecule has 5 saturated heterocycles. The molecule has 0 radical (unpaired) electrons. The normalized spacial score (nSPS) is 20.0. The van der Waals surface area contributed by atoms with Crippen molar-refractivity contribution in [1.29, 1.82) is 0 Å². The minimum absolute atomic E-state index is 0.00805. The van der Waals surface area contributed by atoms with Crippen molar-refractivity contribution in [2.75, 3.05) is 152 Å². The summed E-state index contributed by atoms with van der Waals surface area (Å²) in [6, 6.07) is 62.2. The summed E-state index contributed by atoms with van der Waals surface area (Å²) in [5.74, 6) is 6.88. The van der Waals surface area contributed by atoms with Crippen LogP contribution in [0.25, 0.3) is 0 Å². The van der Waals surface area contributed by atoms with Crippen molar-refractivity contribution in [3.05, 3.63) is 240 Å². The zero-order valence-electron chi connectivity index (χ0n) is 72.2. The van der Waals surface area contributed by atoms with E-state index >= 15 is 0 Å². The molecular formula is C97H134N20O5. The lowest BCUT2D eigenvalue weighted by Crippen LogP contribution is -2.46. The van der Waals surface area contributed by atoms with Crippen molar-refractivity contribution in [3.63, 3.8) is 0 Å². The number of nitrogen functional groups attached to an aromatic ring is 5. The third-order valence-corrected chi connectivity index (χ3v) is 25.5. The number of nitrogens with zero attached hydrogens (tertiary/aromatic N) is 15. The highest BCUT2D eigenvalue weighted by molar-refractivity contribution is 5.52. The molecule has 4 atom stereocenters. The monoisotopic (exact) mass is 1660 g/mol. The molecular weight excluding hydrogens is 1530 g/mol. The summed E-state index contributed by atoms with van der Waals surface area (Å²) in [5.41, 5.74) is 36.4. The van der Waals surface area contributed by atoms with Crippen LogP contribution in [0.4, 0.5) is 58.6 Å². The molecule has 15 rings (SSSR count). The van der Waals surface area contributed by atoms with E-state index in [2.05, 4.69) is 202 Å². The molecule has 25 nitrogen and oxygen atoms in total. The van der Waals surface area contributed by atoms with Crippen LogP contribution in [0.5, 0.6) is 0 Å². The molecule has 10 heterocycles. The van der Waals surface area contributed by atoms with Gasteiger partial charge in [0.15, 0.2) is 0 Å². The van der Waals surface area contributed by atoms with Gasteiger partial charge in [-0.25, -0.2) is 29.9 Å². The first-order valence-electron chi connectivity index (χ1n) is 44.3. The number of nitrogens with two attached hydrogens (primary N) is 5. The molecule has 10 aromatic rings. The van der Waals surface area contributed by atoms with E-state index in [0.717, 1.165) is 267 Å². The van der Waals surface area contributed by atoms with Gasteiger partial charge in [-0.05, 0) is 220 Å². The van der Waals surface area contributed by atoms with Crippen LogP contribution in [0.15, 0.2) is 201 Å². The molecule has 5 aromatic heterocycles. The molecule has 5 aliphatic rings. The van der Waals surface area contributed by atoms with E-state index in [1.807, 2.05) is 68.6 Å². The van der Waals surface area contributed by atoms with Crippen LogP contribution in [-0.2, 0) is 32.1 Å². The number of anilines is 10. The Labute approximate surface area is 723 Å². The van der Waals surface area contributed by atoms with E-state index in [4.69, 9.17) is 28.7 Å². The molecule has 0 bridgehead atoms. The minimum Gasteiger partial charge on any atom is -0.396 e. The summed E-state index contributed by atoms with van der Waals surface area (Å²) in [5, 5.41) is 50.4. The number of piperidine rings is 5. The minimum atomic E-state index is -0.0957. The largest absolute Gasteiger partial charge is 0.396 e. The maximum absolute atomic E-state index is 10.1. The summed E-state index contributed by atoms with van der Waals surface area (Å²) in [6.07, 6.45) is 31.5. The molecule has 652 valence electrons. The van der Waals surface area contributed by atoms with Crippen molar-refractivity contribution in [1.82, 2.24) is 49.8 Å². The smallest absolute Gasteiger partial charge is 0.223 e. The van der Waals surface area contributed by atoms with Crippen LogP contribution in [0.2, 0.25) is 0 Å². The van der Waals surface area contributed by atoms with Gasteiger partial charge in [0.05, 0.1) is 26.4 Å². The zero-order chi connectivity index (χ0) is 85.9. The highest BCUT2D eigenvalue weighted by Crippen LogP contribution is 2.42. The first kappa shape index (κ1) is 92.0. The number of hydrogen-bond acceptors (Lipinski definition) is 25. The van der Waals surface area contributed by atoms with Gasteiger partial charge in [0.2, 0.25) is 17.8 Å². The molecule has 25 heteroatoms. The Balaban J connectivity index is 0.000000149. The van der Waals surface area contributed by atoms with Gasteiger partial charge < -0.3 is 78.7 Å². The average molecular weight is 1660 g/mol. The molecule has 0 spiro atoms. The zero-order valence-corrected chi connectivity index (χ0v) is 72.2. The summed E-state index contributed by atoms with van der Waals surface area (Å²) < 4.78 is 0. The van der Waals surface area contributed by atoms with Crippen molar-refractivity contribution < 1.29 is 25.5 Å². The second-order valence-corrected chi connectivity index (χ2v) is 34.8. The van der Waals surface area contributed by atoms with Gasteiger partial charge in [0, 0.05) is 130 Å². The molecule has 5 aliphatic heterocycles. The van der Waals surface area contributed by atoms with Gasteiger partial charge in [0.1, 0.15) is 52.9 Å². The highest BCUT2D eigenvalue weighted by atomic mass is 16.3. The lowest BCUT2D eigenvalue weighted by molar-refractivity contribution is 0.0849. The topological polar surface area (TPSA) is 376 Å². The summed E-state index contributed by atoms with van der Waals surface area (Å²) in [6.45, 7) is 13.9. The van der Waals surface area contributed by atoms with E-state index in [9.17, 15) is 25.5 Å². The van der Waals surface area contributed by atoms with Gasteiger partial charge >= 0.3 is 0 Å². The Morgan fingerprint density at radius 1 is 0.295 bits per heavy atom. The number of aliphatic hydroxyl groups excluding tert-OH is 5. The quantitative estimate of drug-likeness (QED) is 0.0200. The number of hydrogen-bond donors (Lipinski definition) is 10. The van der Waals surface area contributed by atoms with Gasteiger partial charge in [-0.1, -0.05) is 152 Å². The molecule has 5 fully saturated rings. The third kappa shape index (κ3) is 28.2. The lowest BCUT2D eigenvalue weighted by atomic mass is 9.75. The van der Waals surface area contributed by atoms with Crippen molar-refractivity contribution >= 4 is 58.6 Å². The summed E-state index contributed by atoms with van der Waals surface area (Å²) >= 11 is 0. The molecule has 4 unspecified atom stereocenters. The van der Waals surface area contributed by atoms with Gasteiger partial charge in [-0.15, -0.1) is 0 Å². The Bertz CT molecular complexity index is 4410. The summed E-state index contributed by atoms with van der Waals surface area (Å²) in [7, 11) is 0. The molecule has 122 heavy (non-hydrogen) atoms. The number of benzene rings is 5. The van der Waals surface area contributed by atoms with E-state index in [1.165, 1.54) is 34.1 Å². The molecule has 15 N–H and O–H groups in total. The van der Waals surface area contributed by atoms with Crippen LogP contribution in [0.1, 0.15) is 168 Å². The second-order valence-electron chi connectivity index (χ2n) is 34.8. The molecule has 5 aromatic carbocycles. The predicted octanol–water partition coefficient (Wildman–Crippen LogP) is 13.9.